The standard InChI is InChI=1S/C13H17BrO4/c1-8-11(15)10(14)12(16)13(18-8)17-7-9-5-3-2-4-6-9/h2-6,8,10-13,15-16H,7H2,1H3/t8-,10-,11+,12+,13+/m0/s1. The minimum atomic E-state index is -0.889. The predicted molar refractivity (Wildman–Crippen MR) is 70.3 cm³/mol. The summed E-state index contributed by atoms with van der Waals surface area (Å²) in [6.45, 7) is 2.12. The molecule has 1 aromatic carbocycles. The first-order valence-corrected chi connectivity index (χ1v) is 6.82. The summed E-state index contributed by atoms with van der Waals surface area (Å²) in [6.07, 6.45) is -2.73. The summed E-state index contributed by atoms with van der Waals surface area (Å²) in [6, 6.07) is 9.67. The number of hydrogen-bond donors (Lipinski definition) is 2. The number of alkyl halides is 1. The molecule has 4 nitrogen and oxygen atoms in total. The maximum Gasteiger partial charge on any atom is 0.185 e. The van der Waals surface area contributed by atoms with E-state index in [1.54, 1.807) is 6.92 Å². The fourth-order valence-corrected chi connectivity index (χ4v) is 2.55. The van der Waals surface area contributed by atoms with E-state index in [1.165, 1.54) is 0 Å². The SMILES string of the molecule is C[C@@H]1O[C@@H](OCc2ccccc2)[C@H](O)[C@@H](Br)[C@@H]1O. The average molecular weight is 317 g/mol. The van der Waals surface area contributed by atoms with Gasteiger partial charge in [0.15, 0.2) is 6.29 Å². The molecule has 2 rings (SSSR count). The summed E-state index contributed by atoms with van der Waals surface area (Å²) in [5, 5.41) is 19.7. The van der Waals surface area contributed by atoms with Gasteiger partial charge in [-0.3, -0.25) is 0 Å². The Bertz CT molecular complexity index is 373. The quantitative estimate of drug-likeness (QED) is 0.828. The van der Waals surface area contributed by atoms with Crippen LogP contribution in [0.15, 0.2) is 30.3 Å². The van der Waals surface area contributed by atoms with Gasteiger partial charge in [0.2, 0.25) is 0 Å². The van der Waals surface area contributed by atoms with Gasteiger partial charge in [-0.2, -0.15) is 0 Å². The third-order valence-corrected chi connectivity index (χ3v) is 4.10. The van der Waals surface area contributed by atoms with Crippen molar-refractivity contribution in [3.8, 4) is 0 Å². The Balaban J connectivity index is 1.93. The van der Waals surface area contributed by atoms with Gasteiger partial charge >= 0.3 is 0 Å². The Labute approximate surface area is 115 Å². The summed E-state index contributed by atoms with van der Waals surface area (Å²) in [4.78, 5) is -0.443. The van der Waals surface area contributed by atoms with Crippen molar-refractivity contribution in [2.75, 3.05) is 0 Å². The van der Waals surface area contributed by atoms with Gasteiger partial charge in [0.05, 0.1) is 23.6 Å². The van der Waals surface area contributed by atoms with Crippen molar-refractivity contribution in [2.24, 2.45) is 0 Å². The van der Waals surface area contributed by atoms with Gasteiger partial charge in [-0.1, -0.05) is 46.3 Å². The monoisotopic (exact) mass is 316 g/mol. The van der Waals surface area contributed by atoms with Crippen LogP contribution in [0, 0.1) is 0 Å². The first kappa shape index (κ1) is 14.0. The Morgan fingerprint density at radius 2 is 1.89 bits per heavy atom. The smallest absolute Gasteiger partial charge is 0.185 e. The summed E-state index contributed by atoms with van der Waals surface area (Å²) in [5.41, 5.74) is 1.01. The van der Waals surface area contributed by atoms with Gasteiger partial charge in [-0.25, -0.2) is 0 Å². The van der Waals surface area contributed by atoms with E-state index in [0.29, 0.717) is 6.61 Å². The molecule has 1 aliphatic heterocycles. The fourth-order valence-electron chi connectivity index (χ4n) is 1.87. The zero-order chi connectivity index (χ0) is 13.1. The second kappa shape index (κ2) is 6.12. The molecule has 1 fully saturated rings. The van der Waals surface area contributed by atoms with Gasteiger partial charge in [0, 0.05) is 0 Å². The topological polar surface area (TPSA) is 58.9 Å². The lowest BCUT2D eigenvalue weighted by Gasteiger charge is -2.38. The molecule has 1 aliphatic rings. The number of hydrogen-bond acceptors (Lipinski definition) is 4. The number of ether oxygens (including phenoxy) is 2. The van der Waals surface area contributed by atoms with E-state index < -0.39 is 23.3 Å². The van der Waals surface area contributed by atoms with Gasteiger partial charge < -0.3 is 19.7 Å². The zero-order valence-electron chi connectivity index (χ0n) is 10.1. The van der Waals surface area contributed by atoms with Crippen LogP contribution in [0.4, 0.5) is 0 Å². The average Bonchev–Trinajstić information content (AvgIpc) is 2.40. The van der Waals surface area contributed by atoms with E-state index in [2.05, 4.69) is 15.9 Å². The number of aliphatic hydroxyl groups excluding tert-OH is 2. The van der Waals surface area contributed by atoms with Gasteiger partial charge in [-0.15, -0.1) is 0 Å². The first-order valence-electron chi connectivity index (χ1n) is 5.91. The third-order valence-electron chi connectivity index (χ3n) is 3.02. The molecule has 5 atom stereocenters. The maximum absolute atomic E-state index is 9.95. The second-order valence-corrected chi connectivity index (χ2v) is 5.49. The van der Waals surface area contributed by atoms with Gasteiger partial charge in [0.25, 0.3) is 0 Å². The highest BCUT2D eigenvalue weighted by atomic mass is 79.9. The van der Waals surface area contributed by atoms with Crippen molar-refractivity contribution in [3.63, 3.8) is 0 Å². The minimum absolute atomic E-state index is 0.366. The second-order valence-electron chi connectivity index (χ2n) is 4.43. The normalized spacial score (nSPS) is 36.6. The highest BCUT2D eigenvalue weighted by Crippen LogP contribution is 2.27. The molecule has 0 aromatic heterocycles. The van der Waals surface area contributed by atoms with E-state index in [-0.39, 0.29) is 6.10 Å². The van der Waals surface area contributed by atoms with Gasteiger partial charge in [0.1, 0.15) is 6.10 Å². The van der Waals surface area contributed by atoms with E-state index in [4.69, 9.17) is 9.47 Å². The molecular weight excluding hydrogens is 300 g/mol. The van der Waals surface area contributed by atoms with Crippen LogP contribution in [0.2, 0.25) is 0 Å². The molecule has 0 bridgehead atoms. The van der Waals surface area contributed by atoms with Crippen molar-refractivity contribution in [1.82, 2.24) is 0 Å². The number of halogens is 1. The molecule has 0 unspecified atom stereocenters. The molecule has 5 heteroatoms. The number of benzene rings is 1. The minimum Gasteiger partial charge on any atom is -0.389 e. The number of rotatable bonds is 3. The summed E-state index contributed by atoms with van der Waals surface area (Å²) in [5.74, 6) is 0. The van der Waals surface area contributed by atoms with Crippen molar-refractivity contribution < 1.29 is 19.7 Å². The fraction of sp³-hybridized carbons (Fsp3) is 0.538. The summed E-state index contributed by atoms with van der Waals surface area (Å²) < 4.78 is 11.0. The van der Waals surface area contributed by atoms with Crippen LogP contribution >= 0.6 is 15.9 Å². The van der Waals surface area contributed by atoms with Crippen molar-refractivity contribution in [3.05, 3.63) is 35.9 Å². The van der Waals surface area contributed by atoms with E-state index in [0.717, 1.165) is 5.56 Å². The van der Waals surface area contributed by atoms with Crippen LogP contribution in [0.25, 0.3) is 0 Å². The van der Waals surface area contributed by atoms with E-state index in [9.17, 15) is 10.2 Å². The largest absolute Gasteiger partial charge is 0.389 e. The van der Waals surface area contributed by atoms with Crippen LogP contribution in [0.5, 0.6) is 0 Å². The van der Waals surface area contributed by atoms with Gasteiger partial charge in [-0.05, 0) is 12.5 Å². The number of aliphatic hydroxyl groups is 2. The highest BCUT2D eigenvalue weighted by molar-refractivity contribution is 9.09. The van der Waals surface area contributed by atoms with Crippen molar-refractivity contribution in [1.29, 1.82) is 0 Å². The lowest BCUT2D eigenvalue weighted by molar-refractivity contribution is -0.261. The molecule has 0 spiro atoms. The Kier molecular flexibility index (Phi) is 4.75. The summed E-state index contributed by atoms with van der Waals surface area (Å²) in [7, 11) is 0. The zero-order valence-corrected chi connectivity index (χ0v) is 11.7. The molecule has 0 radical (unpaired) electrons. The summed E-state index contributed by atoms with van der Waals surface area (Å²) >= 11 is 3.27. The Morgan fingerprint density at radius 3 is 2.56 bits per heavy atom. The van der Waals surface area contributed by atoms with Crippen LogP contribution in [-0.4, -0.2) is 39.6 Å². The van der Waals surface area contributed by atoms with Crippen LogP contribution < -0.4 is 0 Å². The highest BCUT2D eigenvalue weighted by Gasteiger charge is 2.41. The first-order chi connectivity index (χ1) is 8.59. The predicted octanol–water partition coefficient (Wildman–Crippen LogP) is 1.43. The molecule has 1 aromatic rings. The lowest BCUT2D eigenvalue weighted by atomic mass is 10.0. The Morgan fingerprint density at radius 1 is 1.22 bits per heavy atom. The molecule has 0 amide bonds. The van der Waals surface area contributed by atoms with Crippen molar-refractivity contribution >= 4 is 15.9 Å². The lowest BCUT2D eigenvalue weighted by Crippen LogP contribution is -2.54. The molecule has 18 heavy (non-hydrogen) atoms. The molecule has 100 valence electrons. The van der Waals surface area contributed by atoms with E-state index >= 15 is 0 Å². The molecular formula is C13H17BrO4. The third kappa shape index (κ3) is 3.10. The van der Waals surface area contributed by atoms with Crippen LogP contribution in [0.1, 0.15) is 12.5 Å². The van der Waals surface area contributed by atoms with Crippen molar-refractivity contribution in [2.45, 2.75) is 43.0 Å². The van der Waals surface area contributed by atoms with E-state index in [1.807, 2.05) is 30.3 Å². The molecule has 0 saturated carbocycles. The molecule has 1 saturated heterocycles. The van der Waals surface area contributed by atoms with Crippen LogP contribution in [0.3, 0.4) is 0 Å². The molecule has 2 N–H and O–H groups in total. The molecule has 1 heterocycles. The molecule has 0 aliphatic carbocycles. The van der Waals surface area contributed by atoms with Crippen LogP contribution in [-0.2, 0) is 16.1 Å². The maximum atomic E-state index is 9.95. The Hall–Kier alpha value is -0.460.